The summed E-state index contributed by atoms with van der Waals surface area (Å²) in [7, 11) is 0. The zero-order valence-electron chi connectivity index (χ0n) is 15.4. The van der Waals surface area contributed by atoms with E-state index in [9.17, 15) is 19.8 Å². The second-order valence-electron chi connectivity index (χ2n) is 6.69. The highest BCUT2D eigenvalue weighted by Crippen LogP contribution is 2.38. The fourth-order valence-electron chi connectivity index (χ4n) is 3.49. The SMILES string of the molecule is O=C(O)c1ccccc1C(=O)N1N=C(c2ccccc2)C[C@H]1c1ccccc1O. The number of para-hydroxylation sites is 1. The van der Waals surface area contributed by atoms with Crippen LogP contribution >= 0.6 is 0 Å². The predicted octanol–water partition coefficient (Wildman–Crippen LogP) is 4.08. The maximum atomic E-state index is 13.3. The highest BCUT2D eigenvalue weighted by Gasteiger charge is 2.36. The number of hydrogen-bond acceptors (Lipinski definition) is 4. The van der Waals surface area contributed by atoms with Crippen LogP contribution in [0.2, 0.25) is 0 Å². The van der Waals surface area contributed by atoms with Crippen molar-refractivity contribution in [3.8, 4) is 5.75 Å². The summed E-state index contributed by atoms with van der Waals surface area (Å²) in [6.07, 6.45) is 0.405. The minimum atomic E-state index is -1.18. The van der Waals surface area contributed by atoms with E-state index in [2.05, 4.69) is 5.10 Å². The van der Waals surface area contributed by atoms with E-state index in [0.29, 0.717) is 17.7 Å². The fraction of sp³-hybridized carbons (Fsp3) is 0.0870. The monoisotopic (exact) mass is 386 g/mol. The molecule has 0 aromatic heterocycles. The second kappa shape index (κ2) is 7.59. The Kier molecular flexibility index (Phi) is 4.83. The average Bonchev–Trinajstić information content (AvgIpc) is 3.19. The van der Waals surface area contributed by atoms with Crippen LogP contribution in [0.15, 0.2) is 84.0 Å². The maximum absolute atomic E-state index is 13.3. The number of aromatic hydroxyl groups is 1. The summed E-state index contributed by atoms with van der Waals surface area (Å²) in [5.41, 5.74) is 2.09. The standard InChI is InChI=1S/C23H18N2O4/c26-21-13-7-6-12-18(21)20-14-19(15-8-2-1-3-9-15)24-25(20)22(27)16-10-4-5-11-17(16)23(28)29/h1-13,20,26H,14H2,(H,28,29)/t20-/m0/s1. The molecule has 0 saturated carbocycles. The smallest absolute Gasteiger partial charge is 0.336 e. The molecular weight excluding hydrogens is 368 g/mol. The molecule has 29 heavy (non-hydrogen) atoms. The van der Waals surface area contributed by atoms with Crippen molar-refractivity contribution in [1.29, 1.82) is 0 Å². The molecule has 6 heteroatoms. The number of hydrazone groups is 1. The molecule has 1 heterocycles. The number of nitrogens with zero attached hydrogens (tertiary/aromatic N) is 2. The molecular formula is C23H18N2O4. The number of phenols is 1. The Balaban J connectivity index is 1.80. The number of benzene rings is 3. The van der Waals surface area contributed by atoms with E-state index in [1.807, 2.05) is 30.3 Å². The van der Waals surface area contributed by atoms with Crippen LogP contribution in [0.1, 0.15) is 44.3 Å². The number of carboxylic acids is 1. The number of phenolic OH excluding ortho intramolecular Hbond substituents is 1. The molecule has 0 radical (unpaired) electrons. The van der Waals surface area contributed by atoms with Crippen molar-refractivity contribution in [3.63, 3.8) is 0 Å². The van der Waals surface area contributed by atoms with Crippen LogP contribution in [-0.2, 0) is 0 Å². The third kappa shape index (κ3) is 3.48. The molecule has 3 aromatic rings. The number of amides is 1. The van der Waals surface area contributed by atoms with Crippen molar-refractivity contribution < 1.29 is 19.8 Å². The number of carbonyl (C=O) groups excluding carboxylic acids is 1. The van der Waals surface area contributed by atoms with Crippen LogP contribution in [0.5, 0.6) is 5.75 Å². The summed E-state index contributed by atoms with van der Waals surface area (Å²) in [4.78, 5) is 24.9. The Bertz CT molecular complexity index is 1110. The van der Waals surface area contributed by atoms with Crippen molar-refractivity contribution in [3.05, 3.63) is 101 Å². The molecule has 0 bridgehead atoms. The normalized spacial score (nSPS) is 15.8. The van der Waals surface area contributed by atoms with Crippen LogP contribution in [0, 0.1) is 0 Å². The lowest BCUT2D eigenvalue weighted by molar-refractivity contribution is 0.0660. The van der Waals surface area contributed by atoms with Gasteiger partial charge in [-0.15, -0.1) is 0 Å². The lowest BCUT2D eigenvalue weighted by Gasteiger charge is -2.23. The number of carboxylic acid groups (broad SMARTS) is 1. The first-order valence-corrected chi connectivity index (χ1v) is 9.13. The predicted molar refractivity (Wildman–Crippen MR) is 108 cm³/mol. The Hall–Kier alpha value is -3.93. The van der Waals surface area contributed by atoms with Gasteiger partial charge in [-0.3, -0.25) is 4.79 Å². The van der Waals surface area contributed by atoms with Gasteiger partial charge >= 0.3 is 5.97 Å². The molecule has 1 aliphatic heterocycles. The van der Waals surface area contributed by atoms with Crippen LogP contribution in [0.25, 0.3) is 0 Å². The molecule has 144 valence electrons. The molecule has 0 fully saturated rings. The van der Waals surface area contributed by atoms with Gasteiger partial charge in [0.15, 0.2) is 0 Å². The lowest BCUT2D eigenvalue weighted by atomic mass is 9.97. The Labute approximate surface area is 167 Å². The van der Waals surface area contributed by atoms with Gasteiger partial charge in [-0.2, -0.15) is 5.10 Å². The van der Waals surface area contributed by atoms with Gasteiger partial charge < -0.3 is 10.2 Å². The molecule has 1 amide bonds. The molecule has 2 N–H and O–H groups in total. The van der Waals surface area contributed by atoms with E-state index in [-0.39, 0.29) is 16.9 Å². The average molecular weight is 386 g/mol. The van der Waals surface area contributed by atoms with Gasteiger partial charge in [-0.05, 0) is 23.8 Å². The highest BCUT2D eigenvalue weighted by atomic mass is 16.4. The first-order valence-electron chi connectivity index (χ1n) is 9.13. The third-order valence-electron chi connectivity index (χ3n) is 4.91. The minimum absolute atomic E-state index is 0.0542. The van der Waals surface area contributed by atoms with Gasteiger partial charge in [-0.25, -0.2) is 9.80 Å². The molecule has 0 unspecified atom stereocenters. The number of aromatic carboxylic acids is 1. The number of rotatable bonds is 4. The minimum Gasteiger partial charge on any atom is -0.508 e. The Morgan fingerprint density at radius 1 is 0.862 bits per heavy atom. The van der Waals surface area contributed by atoms with Crippen LogP contribution < -0.4 is 0 Å². The topological polar surface area (TPSA) is 90.2 Å². The van der Waals surface area contributed by atoms with E-state index in [4.69, 9.17) is 0 Å². The molecule has 0 spiro atoms. The zero-order valence-corrected chi connectivity index (χ0v) is 15.4. The zero-order chi connectivity index (χ0) is 20.4. The first kappa shape index (κ1) is 18.4. The molecule has 4 rings (SSSR count). The number of hydrogen-bond donors (Lipinski definition) is 2. The van der Waals surface area contributed by atoms with E-state index >= 15 is 0 Å². The summed E-state index contributed by atoms with van der Waals surface area (Å²) >= 11 is 0. The second-order valence-corrected chi connectivity index (χ2v) is 6.69. The third-order valence-corrected chi connectivity index (χ3v) is 4.91. The van der Waals surface area contributed by atoms with E-state index in [1.54, 1.807) is 36.4 Å². The molecule has 6 nitrogen and oxygen atoms in total. The Morgan fingerprint density at radius 3 is 2.17 bits per heavy atom. The molecule has 0 saturated heterocycles. The summed E-state index contributed by atoms with van der Waals surface area (Å²) < 4.78 is 0. The molecule has 1 aliphatic rings. The largest absolute Gasteiger partial charge is 0.508 e. The highest BCUT2D eigenvalue weighted by molar-refractivity contribution is 6.08. The lowest BCUT2D eigenvalue weighted by Crippen LogP contribution is -2.28. The van der Waals surface area contributed by atoms with Gasteiger partial charge in [0.2, 0.25) is 0 Å². The van der Waals surface area contributed by atoms with Crippen LogP contribution in [0.4, 0.5) is 0 Å². The molecule has 0 aliphatic carbocycles. The van der Waals surface area contributed by atoms with Gasteiger partial charge in [0.05, 0.1) is 22.9 Å². The summed E-state index contributed by atoms with van der Waals surface area (Å²) in [5.74, 6) is -1.65. The van der Waals surface area contributed by atoms with Gasteiger partial charge in [0.1, 0.15) is 5.75 Å². The van der Waals surface area contributed by atoms with E-state index in [0.717, 1.165) is 5.56 Å². The Morgan fingerprint density at radius 2 is 1.48 bits per heavy atom. The summed E-state index contributed by atoms with van der Waals surface area (Å²) in [6.45, 7) is 0. The van der Waals surface area contributed by atoms with Gasteiger partial charge in [-0.1, -0.05) is 60.7 Å². The van der Waals surface area contributed by atoms with Gasteiger partial charge in [0.25, 0.3) is 5.91 Å². The van der Waals surface area contributed by atoms with Crippen molar-refractivity contribution in [2.24, 2.45) is 5.10 Å². The fourth-order valence-corrected chi connectivity index (χ4v) is 3.49. The van der Waals surface area contributed by atoms with E-state index in [1.165, 1.54) is 17.1 Å². The number of carbonyl (C=O) groups is 2. The van der Waals surface area contributed by atoms with Crippen molar-refractivity contribution in [2.45, 2.75) is 12.5 Å². The van der Waals surface area contributed by atoms with Crippen molar-refractivity contribution >= 4 is 17.6 Å². The first-order chi connectivity index (χ1) is 14.1. The molecule has 1 atom stereocenters. The summed E-state index contributed by atoms with van der Waals surface area (Å²) in [5, 5.41) is 25.6. The van der Waals surface area contributed by atoms with Crippen LogP contribution in [0.3, 0.4) is 0 Å². The molecule has 3 aromatic carbocycles. The van der Waals surface area contributed by atoms with E-state index < -0.39 is 17.9 Å². The van der Waals surface area contributed by atoms with Crippen molar-refractivity contribution in [1.82, 2.24) is 5.01 Å². The van der Waals surface area contributed by atoms with Crippen molar-refractivity contribution in [2.75, 3.05) is 0 Å². The summed E-state index contributed by atoms with van der Waals surface area (Å²) in [6, 6.07) is 21.8. The van der Waals surface area contributed by atoms with Gasteiger partial charge in [0, 0.05) is 12.0 Å². The quantitative estimate of drug-likeness (QED) is 0.707. The van der Waals surface area contributed by atoms with Crippen LogP contribution in [-0.4, -0.2) is 32.8 Å². The maximum Gasteiger partial charge on any atom is 0.336 e.